The number of nitrogens with zero attached hydrogens (tertiary/aromatic N) is 4. The molecule has 1 N–H and O–H groups in total. The molecule has 0 saturated heterocycles. The fourth-order valence-electron chi connectivity index (χ4n) is 2.97. The molecule has 0 aliphatic carbocycles. The number of nitro benzene ring substituents is 1. The molecule has 4 aromatic rings. The van der Waals surface area contributed by atoms with Crippen LogP contribution in [-0.4, -0.2) is 25.6 Å². The zero-order valence-corrected chi connectivity index (χ0v) is 17.4. The Morgan fingerprint density at radius 1 is 1.12 bits per heavy atom. The molecule has 10 heteroatoms. The first-order chi connectivity index (χ1) is 15.3. The van der Waals surface area contributed by atoms with E-state index in [0.717, 1.165) is 5.56 Å². The lowest BCUT2D eigenvalue weighted by atomic mass is 10.2. The summed E-state index contributed by atoms with van der Waals surface area (Å²) in [5.41, 5.74) is 2.01. The molecule has 0 aliphatic heterocycles. The Morgan fingerprint density at radius 3 is 2.56 bits per heavy atom. The number of carbonyl (C=O) groups excluding carboxylic acids is 1. The first-order valence-corrected chi connectivity index (χ1v) is 9.75. The zero-order valence-electron chi connectivity index (χ0n) is 16.6. The zero-order chi connectivity index (χ0) is 22.8. The summed E-state index contributed by atoms with van der Waals surface area (Å²) in [5, 5.41) is 18.3. The van der Waals surface area contributed by atoms with Gasteiger partial charge in [0.1, 0.15) is 5.82 Å². The van der Waals surface area contributed by atoms with Crippen molar-refractivity contribution in [1.82, 2.24) is 14.8 Å². The van der Waals surface area contributed by atoms with Crippen molar-refractivity contribution in [3.8, 4) is 17.1 Å². The molecule has 1 amide bonds. The fraction of sp³-hybridized carbons (Fsp3) is 0.0455. The Morgan fingerprint density at radius 2 is 1.88 bits per heavy atom. The summed E-state index contributed by atoms with van der Waals surface area (Å²) in [6.45, 7) is 1.85. The third-order valence-electron chi connectivity index (χ3n) is 4.63. The van der Waals surface area contributed by atoms with Gasteiger partial charge in [-0.3, -0.25) is 14.9 Å². The van der Waals surface area contributed by atoms with Crippen molar-refractivity contribution in [3.63, 3.8) is 0 Å². The molecule has 1 heterocycles. The number of hydrogen-bond acceptors (Lipinski definition) is 5. The van der Waals surface area contributed by atoms with E-state index < -0.39 is 16.6 Å². The Labute approximate surface area is 186 Å². The predicted octanol–water partition coefficient (Wildman–Crippen LogP) is 5.20. The van der Waals surface area contributed by atoms with Crippen LogP contribution in [0.3, 0.4) is 0 Å². The molecule has 0 radical (unpaired) electrons. The summed E-state index contributed by atoms with van der Waals surface area (Å²) in [4.78, 5) is 27.5. The number of amides is 1. The van der Waals surface area contributed by atoms with Crippen LogP contribution in [0, 0.1) is 22.9 Å². The minimum absolute atomic E-state index is 0.164. The highest BCUT2D eigenvalue weighted by molar-refractivity contribution is 6.31. The van der Waals surface area contributed by atoms with Gasteiger partial charge in [0.25, 0.3) is 11.6 Å². The normalized spacial score (nSPS) is 10.7. The van der Waals surface area contributed by atoms with Crippen molar-refractivity contribution in [1.29, 1.82) is 0 Å². The lowest BCUT2D eigenvalue weighted by molar-refractivity contribution is -0.384. The van der Waals surface area contributed by atoms with Crippen LogP contribution >= 0.6 is 11.6 Å². The first kappa shape index (κ1) is 21.1. The van der Waals surface area contributed by atoms with Crippen LogP contribution in [-0.2, 0) is 0 Å². The smallest absolute Gasteiger partial charge is 0.295 e. The highest BCUT2D eigenvalue weighted by atomic mass is 35.5. The van der Waals surface area contributed by atoms with Crippen LogP contribution in [0.1, 0.15) is 16.2 Å². The number of rotatable bonds is 5. The van der Waals surface area contributed by atoms with Crippen LogP contribution in [0.4, 0.5) is 15.8 Å². The minimum atomic E-state index is -0.661. The fourth-order valence-corrected chi connectivity index (χ4v) is 3.15. The summed E-state index contributed by atoms with van der Waals surface area (Å²) in [6.07, 6.45) is 0. The number of carbonyl (C=O) groups is 1. The lowest BCUT2D eigenvalue weighted by Gasteiger charge is -2.07. The van der Waals surface area contributed by atoms with Crippen LogP contribution in [0.15, 0.2) is 66.7 Å². The van der Waals surface area contributed by atoms with Gasteiger partial charge in [0.15, 0.2) is 5.82 Å². The molecule has 1 aromatic heterocycles. The molecule has 0 atom stereocenters. The topological polar surface area (TPSA) is 103 Å². The van der Waals surface area contributed by atoms with E-state index in [2.05, 4.69) is 15.4 Å². The Hall–Kier alpha value is -4.11. The molecule has 0 bridgehead atoms. The molecule has 3 aromatic carbocycles. The number of non-ortho nitro benzene ring substituents is 1. The summed E-state index contributed by atoms with van der Waals surface area (Å²) in [5.74, 6) is -0.950. The standard InChI is InChI=1S/C22H15ClFN5O3/c1-13-5-10-17(12-19(13)23)28-21(14-6-8-15(24)9-7-14)26-20(27-28)22(30)25-16-3-2-4-18(11-16)29(31)32/h2-12H,1H3,(H,25,30). The quantitative estimate of drug-likeness (QED) is 0.332. The summed E-state index contributed by atoms with van der Waals surface area (Å²) < 4.78 is 14.8. The van der Waals surface area contributed by atoms with E-state index in [1.807, 2.05) is 6.92 Å². The summed E-state index contributed by atoms with van der Waals surface area (Å²) >= 11 is 6.25. The molecule has 32 heavy (non-hydrogen) atoms. The highest BCUT2D eigenvalue weighted by Gasteiger charge is 2.20. The van der Waals surface area contributed by atoms with Crippen LogP contribution in [0.5, 0.6) is 0 Å². The molecule has 160 valence electrons. The average Bonchev–Trinajstić information content (AvgIpc) is 3.22. The van der Waals surface area contributed by atoms with Gasteiger partial charge >= 0.3 is 0 Å². The number of aryl methyl sites for hydroxylation is 1. The third kappa shape index (κ3) is 4.33. The SMILES string of the molecule is Cc1ccc(-n2nc(C(=O)Nc3cccc([N+](=O)[O-])c3)nc2-c2ccc(F)cc2)cc1Cl. The highest BCUT2D eigenvalue weighted by Crippen LogP contribution is 2.25. The largest absolute Gasteiger partial charge is 0.319 e. The first-order valence-electron chi connectivity index (χ1n) is 9.37. The molecule has 0 spiro atoms. The molecule has 0 aliphatic rings. The molecule has 0 unspecified atom stereocenters. The average molecular weight is 452 g/mol. The number of anilines is 1. The van der Waals surface area contributed by atoms with Crippen LogP contribution in [0.2, 0.25) is 5.02 Å². The van der Waals surface area contributed by atoms with E-state index in [0.29, 0.717) is 22.1 Å². The van der Waals surface area contributed by atoms with Crippen molar-refractivity contribution >= 4 is 28.9 Å². The second-order valence-corrected chi connectivity index (χ2v) is 7.28. The van der Waals surface area contributed by atoms with Crippen LogP contribution < -0.4 is 5.32 Å². The summed E-state index contributed by atoms with van der Waals surface area (Å²) in [6, 6.07) is 16.4. The van der Waals surface area contributed by atoms with Gasteiger partial charge in [-0.05, 0) is 55.0 Å². The van der Waals surface area contributed by atoms with Crippen molar-refractivity contribution in [3.05, 3.63) is 99.1 Å². The molecular weight excluding hydrogens is 437 g/mol. The number of nitrogens with one attached hydrogen (secondary N) is 1. The van der Waals surface area contributed by atoms with Crippen molar-refractivity contribution in [2.45, 2.75) is 6.92 Å². The number of benzene rings is 3. The van der Waals surface area contributed by atoms with Crippen molar-refractivity contribution in [2.24, 2.45) is 0 Å². The Kier molecular flexibility index (Phi) is 5.65. The lowest BCUT2D eigenvalue weighted by Crippen LogP contribution is -2.14. The van der Waals surface area contributed by atoms with Gasteiger partial charge in [0.2, 0.25) is 5.82 Å². The monoisotopic (exact) mass is 451 g/mol. The number of halogens is 2. The van der Waals surface area contributed by atoms with Crippen molar-refractivity contribution < 1.29 is 14.1 Å². The van der Waals surface area contributed by atoms with E-state index in [-0.39, 0.29) is 17.2 Å². The molecular formula is C22H15ClFN5O3. The molecule has 8 nitrogen and oxygen atoms in total. The number of nitro groups is 1. The van der Waals surface area contributed by atoms with Crippen LogP contribution in [0.25, 0.3) is 17.1 Å². The predicted molar refractivity (Wildman–Crippen MR) is 118 cm³/mol. The van der Waals surface area contributed by atoms with E-state index in [4.69, 9.17) is 11.6 Å². The van der Waals surface area contributed by atoms with E-state index in [1.165, 1.54) is 53.2 Å². The van der Waals surface area contributed by atoms with Gasteiger partial charge in [0.05, 0.1) is 10.6 Å². The molecule has 0 fully saturated rings. The van der Waals surface area contributed by atoms with Gasteiger partial charge < -0.3 is 5.32 Å². The number of aromatic nitrogens is 3. The maximum atomic E-state index is 13.4. The number of hydrogen-bond donors (Lipinski definition) is 1. The van der Waals surface area contributed by atoms with Gasteiger partial charge in [-0.15, -0.1) is 5.10 Å². The van der Waals surface area contributed by atoms with E-state index >= 15 is 0 Å². The van der Waals surface area contributed by atoms with Gasteiger partial charge in [-0.25, -0.2) is 14.1 Å². The minimum Gasteiger partial charge on any atom is -0.319 e. The summed E-state index contributed by atoms with van der Waals surface area (Å²) in [7, 11) is 0. The Balaban J connectivity index is 1.75. The second-order valence-electron chi connectivity index (χ2n) is 6.87. The van der Waals surface area contributed by atoms with Gasteiger partial charge in [0, 0.05) is 28.4 Å². The second kappa shape index (κ2) is 8.56. The van der Waals surface area contributed by atoms with Gasteiger partial charge in [-0.2, -0.15) is 0 Å². The van der Waals surface area contributed by atoms with E-state index in [1.54, 1.807) is 18.2 Å². The Bertz CT molecular complexity index is 1340. The molecule has 0 saturated carbocycles. The van der Waals surface area contributed by atoms with Gasteiger partial charge in [-0.1, -0.05) is 23.7 Å². The maximum absolute atomic E-state index is 13.4. The third-order valence-corrected chi connectivity index (χ3v) is 5.03. The maximum Gasteiger partial charge on any atom is 0.295 e. The van der Waals surface area contributed by atoms with E-state index in [9.17, 15) is 19.3 Å². The molecule has 4 rings (SSSR count). The van der Waals surface area contributed by atoms with Crippen molar-refractivity contribution in [2.75, 3.05) is 5.32 Å².